The van der Waals surface area contributed by atoms with Crippen molar-refractivity contribution in [3.63, 3.8) is 0 Å². The van der Waals surface area contributed by atoms with E-state index in [1.165, 1.54) is 4.88 Å². The van der Waals surface area contributed by atoms with Gasteiger partial charge >= 0.3 is 0 Å². The quantitative estimate of drug-likeness (QED) is 0.750. The summed E-state index contributed by atoms with van der Waals surface area (Å²) in [5.41, 5.74) is 0.982. The van der Waals surface area contributed by atoms with Gasteiger partial charge in [0.25, 0.3) is 0 Å². The molecule has 2 aromatic rings. The Morgan fingerprint density at radius 2 is 2.29 bits per heavy atom. The van der Waals surface area contributed by atoms with Crippen molar-refractivity contribution < 1.29 is 0 Å². The monoisotopic (exact) mass is 224 g/mol. The largest absolute Gasteiger partial charge is 0.241 e. The smallest absolute Gasteiger partial charge is 0.130 e. The van der Waals surface area contributed by atoms with Crippen molar-refractivity contribution in [2.75, 3.05) is 5.88 Å². The molecule has 0 aliphatic carbocycles. The van der Waals surface area contributed by atoms with Crippen LogP contribution in [0.4, 0.5) is 0 Å². The van der Waals surface area contributed by atoms with Crippen LogP contribution in [0.1, 0.15) is 5.82 Å². The Balaban J connectivity index is 2.31. The number of thiophene rings is 1. The normalized spacial score (nSPS) is 10.4. The summed E-state index contributed by atoms with van der Waals surface area (Å²) in [6.07, 6.45) is 2.50. The molecular weight excluding hydrogens is 216 g/mol. The number of nitrogens with zero attached hydrogens (tertiary/aromatic N) is 2. The molecule has 0 aliphatic heterocycles. The van der Waals surface area contributed by atoms with Crippen molar-refractivity contribution in [3.8, 4) is 10.6 Å². The Bertz CT molecular complexity index is 400. The first-order valence-electron chi connectivity index (χ1n) is 4.32. The Morgan fingerprint density at radius 1 is 1.36 bits per heavy atom. The van der Waals surface area contributed by atoms with E-state index in [4.69, 9.17) is 11.6 Å². The van der Waals surface area contributed by atoms with E-state index in [9.17, 15) is 0 Å². The third-order valence-corrected chi connectivity index (χ3v) is 2.88. The lowest BCUT2D eigenvalue weighted by molar-refractivity contribution is 0.949. The van der Waals surface area contributed by atoms with Crippen LogP contribution in [0, 0.1) is 0 Å². The summed E-state index contributed by atoms with van der Waals surface area (Å²) < 4.78 is 0. The van der Waals surface area contributed by atoms with E-state index in [2.05, 4.69) is 16.0 Å². The van der Waals surface area contributed by atoms with Gasteiger partial charge in [-0.1, -0.05) is 6.07 Å². The summed E-state index contributed by atoms with van der Waals surface area (Å²) in [6.45, 7) is 0. The van der Waals surface area contributed by atoms with E-state index in [0.29, 0.717) is 5.88 Å². The van der Waals surface area contributed by atoms with Gasteiger partial charge in [0.1, 0.15) is 5.82 Å². The summed E-state index contributed by atoms with van der Waals surface area (Å²) in [5.74, 6) is 1.37. The van der Waals surface area contributed by atoms with Gasteiger partial charge in [0.15, 0.2) is 0 Å². The third-order valence-electron chi connectivity index (χ3n) is 1.80. The molecule has 2 rings (SSSR count). The number of aryl methyl sites for hydroxylation is 1. The lowest BCUT2D eigenvalue weighted by atomic mass is 10.3. The van der Waals surface area contributed by atoms with Crippen molar-refractivity contribution in [3.05, 3.63) is 35.6 Å². The fourth-order valence-corrected chi connectivity index (χ4v) is 2.03. The Labute approximate surface area is 91.6 Å². The molecule has 0 amide bonds. The van der Waals surface area contributed by atoms with Crippen LogP contribution >= 0.6 is 22.9 Å². The van der Waals surface area contributed by atoms with Gasteiger partial charge in [0.2, 0.25) is 0 Å². The molecule has 0 N–H and O–H groups in total. The number of halogens is 1. The highest BCUT2D eigenvalue weighted by molar-refractivity contribution is 7.13. The second kappa shape index (κ2) is 4.53. The van der Waals surface area contributed by atoms with Crippen LogP contribution in [-0.4, -0.2) is 15.8 Å². The van der Waals surface area contributed by atoms with E-state index >= 15 is 0 Å². The topological polar surface area (TPSA) is 25.8 Å². The molecular formula is C10H9ClN2S. The predicted molar refractivity (Wildman–Crippen MR) is 59.8 cm³/mol. The fourth-order valence-electron chi connectivity index (χ4n) is 1.17. The third kappa shape index (κ3) is 2.11. The lowest BCUT2D eigenvalue weighted by Gasteiger charge is -1.99. The average molecular weight is 225 g/mol. The van der Waals surface area contributed by atoms with Crippen LogP contribution in [0.2, 0.25) is 0 Å². The average Bonchev–Trinajstić information content (AvgIpc) is 2.71. The molecule has 0 aliphatic rings. The van der Waals surface area contributed by atoms with Gasteiger partial charge in [-0.25, -0.2) is 9.97 Å². The van der Waals surface area contributed by atoms with Crippen molar-refractivity contribution in [2.24, 2.45) is 0 Å². The van der Waals surface area contributed by atoms with Crippen LogP contribution in [-0.2, 0) is 6.42 Å². The first-order chi connectivity index (χ1) is 6.90. The molecule has 0 radical (unpaired) electrons. The SMILES string of the molecule is ClCCc1nccc(-c2cccs2)n1. The maximum Gasteiger partial charge on any atom is 0.130 e. The highest BCUT2D eigenvalue weighted by Crippen LogP contribution is 2.21. The van der Waals surface area contributed by atoms with Crippen LogP contribution in [0.5, 0.6) is 0 Å². The molecule has 0 aromatic carbocycles. The molecule has 2 nitrogen and oxygen atoms in total. The first kappa shape index (κ1) is 9.62. The van der Waals surface area contributed by atoms with E-state index in [1.807, 2.05) is 17.5 Å². The Hall–Kier alpha value is -0.930. The van der Waals surface area contributed by atoms with Crippen molar-refractivity contribution in [2.45, 2.75) is 6.42 Å². The number of hydrogen-bond acceptors (Lipinski definition) is 3. The minimum Gasteiger partial charge on any atom is -0.241 e. The van der Waals surface area contributed by atoms with E-state index in [0.717, 1.165) is 17.9 Å². The number of hydrogen-bond donors (Lipinski definition) is 0. The molecule has 0 bridgehead atoms. The highest BCUT2D eigenvalue weighted by atomic mass is 35.5. The second-order valence-corrected chi connectivity index (χ2v) is 4.10. The van der Waals surface area contributed by atoms with Gasteiger partial charge in [0.05, 0.1) is 10.6 Å². The van der Waals surface area contributed by atoms with Crippen LogP contribution in [0.25, 0.3) is 10.6 Å². The molecule has 0 unspecified atom stereocenters. The van der Waals surface area contributed by atoms with Crippen molar-refractivity contribution >= 4 is 22.9 Å². The maximum absolute atomic E-state index is 5.64. The Morgan fingerprint density at radius 3 is 3.00 bits per heavy atom. The molecule has 0 spiro atoms. The first-order valence-corrected chi connectivity index (χ1v) is 5.73. The fraction of sp³-hybridized carbons (Fsp3) is 0.200. The number of alkyl halides is 1. The molecule has 4 heteroatoms. The van der Waals surface area contributed by atoms with E-state index < -0.39 is 0 Å². The highest BCUT2D eigenvalue weighted by Gasteiger charge is 2.01. The van der Waals surface area contributed by atoms with Gasteiger partial charge in [-0.2, -0.15) is 0 Å². The van der Waals surface area contributed by atoms with Crippen LogP contribution in [0.3, 0.4) is 0 Å². The molecule has 0 saturated heterocycles. The number of aromatic nitrogens is 2. The van der Waals surface area contributed by atoms with Gasteiger partial charge < -0.3 is 0 Å². The molecule has 14 heavy (non-hydrogen) atoms. The Kier molecular flexibility index (Phi) is 3.11. The van der Waals surface area contributed by atoms with Gasteiger partial charge in [-0.3, -0.25) is 0 Å². The maximum atomic E-state index is 5.64. The second-order valence-electron chi connectivity index (χ2n) is 2.77. The minimum absolute atomic E-state index is 0.563. The van der Waals surface area contributed by atoms with E-state index in [1.54, 1.807) is 17.5 Å². The molecule has 0 fully saturated rings. The van der Waals surface area contributed by atoms with Crippen LogP contribution < -0.4 is 0 Å². The molecule has 2 heterocycles. The summed E-state index contributed by atoms with van der Waals surface area (Å²) >= 11 is 7.32. The van der Waals surface area contributed by atoms with E-state index in [-0.39, 0.29) is 0 Å². The summed E-state index contributed by atoms with van der Waals surface area (Å²) in [4.78, 5) is 9.74. The zero-order valence-electron chi connectivity index (χ0n) is 7.48. The lowest BCUT2D eigenvalue weighted by Crippen LogP contribution is -1.96. The number of rotatable bonds is 3. The van der Waals surface area contributed by atoms with Gasteiger partial charge in [0, 0.05) is 18.5 Å². The van der Waals surface area contributed by atoms with Crippen molar-refractivity contribution in [1.29, 1.82) is 0 Å². The molecule has 0 atom stereocenters. The summed E-state index contributed by atoms with van der Waals surface area (Å²) in [6, 6.07) is 5.99. The molecule has 72 valence electrons. The molecule has 0 saturated carbocycles. The van der Waals surface area contributed by atoms with Crippen molar-refractivity contribution in [1.82, 2.24) is 9.97 Å². The minimum atomic E-state index is 0.563. The zero-order chi connectivity index (χ0) is 9.80. The van der Waals surface area contributed by atoms with Gasteiger partial charge in [-0.15, -0.1) is 22.9 Å². The predicted octanol–water partition coefficient (Wildman–Crippen LogP) is 2.99. The standard InChI is InChI=1S/C10H9ClN2S/c11-5-3-10-12-6-4-8(13-10)9-2-1-7-14-9/h1-2,4,6-7H,3,5H2. The van der Waals surface area contributed by atoms with Crippen LogP contribution in [0.15, 0.2) is 29.8 Å². The summed E-state index contributed by atoms with van der Waals surface area (Å²) in [5, 5.41) is 2.04. The molecule has 2 aromatic heterocycles. The summed E-state index contributed by atoms with van der Waals surface area (Å²) in [7, 11) is 0. The van der Waals surface area contributed by atoms with Gasteiger partial charge in [-0.05, 0) is 17.5 Å². The zero-order valence-corrected chi connectivity index (χ0v) is 9.05.